The fourth-order valence-corrected chi connectivity index (χ4v) is 1.68. The second kappa shape index (κ2) is 4.99. The fraction of sp³-hybridized carbons (Fsp3) is 0.273. The average Bonchev–Trinajstić information content (AvgIpc) is 2.26. The SMILES string of the molecule is CCc1c(OC)cc(Cl)cc1C(=O)C(=O)O. The van der Waals surface area contributed by atoms with Crippen LogP contribution < -0.4 is 4.74 Å². The van der Waals surface area contributed by atoms with Gasteiger partial charge in [0.2, 0.25) is 0 Å². The number of rotatable bonds is 4. The smallest absolute Gasteiger partial charge is 0.377 e. The van der Waals surface area contributed by atoms with E-state index in [0.29, 0.717) is 17.7 Å². The van der Waals surface area contributed by atoms with Crippen molar-refractivity contribution in [2.75, 3.05) is 7.11 Å². The van der Waals surface area contributed by atoms with Crippen LogP contribution in [0.2, 0.25) is 5.02 Å². The normalized spacial score (nSPS) is 9.94. The van der Waals surface area contributed by atoms with E-state index in [9.17, 15) is 9.59 Å². The van der Waals surface area contributed by atoms with Crippen molar-refractivity contribution in [3.63, 3.8) is 0 Å². The first-order valence-corrected chi connectivity index (χ1v) is 5.03. The van der Waals surface area contributed by atoms with Crippen molar-refractivity contribution in [3.8, 4) is 5.75 Å². The second-order valence-corrected chi connectivity index (χ2v) is 3.56. The molecule has 1 aromatic rings. The topological polar surface area (TPSA) is 63.6 Å². The van der Waals surface area contributed by atoms with Gasteiger partial charge in [0.25, 0.3) is 5.78 Å². The minimum absolute atomic E-state index is 0.0827. The van der Waals surface area contributed by atoms with Crippen LogP contribution >= 0.6 is 11.6 Å². The van der Waals surface area contributed by atoms with Gasteiger partial charge in [-0.2, -0.15) is 0 Å². The number of aliphatic carboxylic acids is 1. The molecule has 16 heavy (non-hydrogen) atoms. The maximum atomic E-state index is 11.4. The van der Waals surface area contributed by atoms with Gasteiger partial charge in [0.1, 0.15) is 5.75 Å². The molecule has 1 N–H and O–H groups in total. The Kier molecular flexibility index (Phi) is 3.90. The van der Waals surface area contributed by atoms with Gasteiger partial charge in [-0.1, -0.05) is 18.5 Å². The van der Waals surface area contributed by atoms with Gasteiger partial charge in [-0.15, -0.1) is 0 Å². The number of hydrogen-bond acceptors (Lipinski definition) is 3. The first-order valence-electron chi connectivity index (χ1n) is 4.65. The summed E-state index contributed by atoms with van der Waals surface area (Å²) >= 11 is 5.78. The predicted molar refractivity (Wildman–Crippen MR) is 59.3 cm³/mol. The Balaban J connectivity index is 3.42. The highest BCUT2D eigenvalue weighted by molar-refractivity contribution is 6.41. The van der Waals surface area contributed by atoms with Gasteiger partial charge < -0.3 is 9.84 Å². The zero-order chi connectivity index (χ0) is 12.3. The molecule has 0 amide bonds. The van der Waals surface area contributed by atoms with Crippen molar-refractivity contribution < 1.29 is 19.4 Å². The summed E-state index contributed by atoms with van der Waals surface area (Å²) in [5.41, 5.74) is 0.638. The highest BCUT2D eigenvalue weighted by atomic mass is 35.5. The molecule has 0 unspecified atom stereocenters. The summed E-state index contributed by atoms with van der Waals surface area (Å²) < 4.78 is 5.06. The van der Waals surface area contributed by atoms with E-state index in [1.807, 2.05) is 6.92 Å². The molecule has 0 heterocycles. The largest absolute Gasteiger partial charge is 0.496 e. The third kappa shape index (κ3) is 2.33. The number of carbonyl (C=O) groups is 2. The molecule has 1 aromatic carbocycles. The standard InChI is InChI=1S/C11H11ClO4/c1-3-7-8(10(13)11(14)15)4-6(12)5-9(7)16-2/h4-5H,3H2,1-2H3,(H,14,15). The molecule has 0 spiro atoms. The first kappa shape index (κ1) is 12.5. The van der Waals surface area contributed by atoms with Crippen molar-refractivity contribution >= 4 is 23.4 Å². The summed E-state index contributed by atoms with van der Waals surface area (Å²) in [4.78, 5) is 22.1. The number of carboxylic acid groups (broad SMARTS) is 1. The van der Waals surface area contributed by atoms with Crippen LogP contribution in [0.1, 0.15) is 22.8 Å². The summed E-state index contributed by atoms with van der Waals surface area (Å²) in [6.07, 6.45) is 0.495. The summed E-state index contributed by atoms with van der Waals surface area (Å²) in [5, 5.41) is 8.95. The summed E-state index contributed by atoms with van der Waals surface area (Å²) in [7, 11) is 1.44. The number of methoxy groups -OCH3 is 1. The molecule has 0 bridgehead atoms. The summed E-state index contributed by atoms with van der Waals surface area (Å²) in [6, 6.07) is 2.90. The van der Waals surface area contributed by atoms with E-state index in [0.717, 1.165) is 0 Å². The quantitative estimate of drug-likeness (QED) is 0.649. The minimum Gasteiger partial charge on any atom is -0.496 e. The second-order valence-electron chi connectivity index (χ2n) is 3.12. The van der Waals surface area contributed by atoms with Crippen molar-refractivity contribution in [2.45, 2.75) is 13.3 Å². The summed E-state index contributed by atoms with van der Waals surface area (Å²) in [6.45, 7) is 1.81. The molecule has 0 atom stereocenters. The Morgan fingerprint density at radius 3 is 2.50 bits per heavy atom. The molecule has 1 rings (SSSR count). The van der Waals surface area contributed by atoms with Gasteiger partial charge in [-0.3, -0.25) is 4.79 Å². The van der Waals surface area contributed by atoms with Crippen LogP contribution in [0.25, 0.3) is 0 Å². The molecule has 0 saturated carbocycles. The average molecular weight is 243 g/mol. The molecule has 0 aliphatic carbocycles. The minimum atomic E-state index is -1.50. The molecule has 0 saturated heterocycles. The Labute approximate surface area is 97.8 Å². The molecular weight excluding hydrogens is 232 g/mol. The van der Waals surface area contributed by atoms with Crippen LogP contribution in [0.5, 0.6) is 5.75 Å². The fourth-order valence-electron chi connectivity index (χ4n) is 1.48. The van der Waals surface area contributed by atoms with E-state index in [4.69, 9.17) is 21.4 Å². The number of ketones is 1. The van der Waals surface area contributed by atoms with E-state index in [1.165, 1.54) is 13.2 Å². The Morgan fingerprint density at radius 2 is 2.06 bits per heavy atom. The lowest BCUT2D eigenvalue weighted by Crippen LogP contribution is -2.15. The van der Waals surface area contributed by atoms with Gasteiger partial charge in [-0.05, 0) is 18.6 Å². The predicted octanol–water partition coefficient (Wildman–Crippen LogP) is 2.18. The molecule has 0 fully saturated rings. The monoisotopic (exact) mass is 242 g/mol. The van der Waals surface area contributed by atoms with Gasteiger partial charge in [0, 0.05) is 16.1 Å². The van der Waals surface area contributed by atoms with E-state index in [-0.39, 0.29) is 10.6 Å². The molecule has 5 heteroatoms. The van der Waals surface area contributed by atoms with Crippen LogP contribution in [0.4, 0.5) is 0 Å². The van der Waals surface area contributed by atoms with Crippen molar-refractivity contribution in [1.82, 2.24) is 0 Å². The number of carboxylic acids is 1. The van der Waals surface area contributed by atoms with E-state index in [1.54, 1.807) is 6.07 Å². The van der Waals surface area contributed by atoms with Gasteiger partial charge in [-0.25, -0.2) is 4.79 Å². The lowest BCUT2D eigenvalue weighted by molar-refractivity contribution is -0.131. The summed E-state index contributed by atoms with van der Waals surface area (Å²) in [5.74, 6) is -2.05. The van der Waals surface area contributed by atoms with Gasteiger partial charge in [0.15, 0.2) is 0 Å². The lowest BCUT2D eigenvalue weighted by atomic mass is 10.0. The van der Waals surface area contributed by atoms with Crippen LogP contribution in [-0.2, 0) is 11.2 Å². The lowest BCUT2D eigenvalue weighted by Gasteiger charge is -2.11. The van der Waals surface area contributed by atoms with Crippen molar-refractivity contribution in [1.29, 1.82) is 0 Å². The molecule has 4 nitrogen and oxygen atoms in total. The Hall–Kier alpha value is -1.55. The Bertz CT molecular complexity index is 440. The van der Waals surface area contributed by atoms with Gasteiger partial charge >= 0.3 is 5.97 Å². The highest BCUT2D eigenvalue weighted by Gasteiger charge is 2.21. The molecule has 0 aliphatic rings. The number of carbonyl (C=O) groups excluding carboxylic acids is 1. The number of halogens is 1. The third-order valence-electron chi connectivity index (χ3n) is 2.19. The van der Waals surface area contributed by atoms with Crippen molar-refractivity contribution in [2.24, 2.45) is 0 Å². The van der Waals surface area contributed by atoms with E-state index >= 15 is 0 Å². The van der Waals surface area contributed by atoms with E-state index in [2.05, 4.69) is 0 Å². The Morgan fingerprint density at radius 1 is 1.44 bits per heavy atom. The number of hydrogen-bond donors (Lipinski definition) is 1. The molecule has 0 aliphatic heterocycles. The molecule has 0 aromatic heterocycles. The molecular formula is C11H11ClO4. The number of Topliss-reactive ketones (excluding diaryl/α,β-unsaturated/α-hetero) is 1. The highest BCUT2D eigenvalue weighted by Crippen LogP contribution is 2.28. The maximum Gasteiger partial charge on any atom is 0.377 e. The zero-order valence-electron chi connectivity index (χ0n) is 8.91. The van der Waals surface area contributed by atoms with Crippen LogP contribution in [0.15, 0.2) is 12.1 Å². The molecule has 0 radical (unpaired) electrons. The van der Waals surface area contributed by atoms with E-state index < -0.39 is 11.8 Å². The molecule has 86 valence electrons. The van der Waals surface area contributed by atoms with Crippen LogP contribution in [-0.4, -0.2) is 24.0 Å². The third-order valence-corrected chi connectivity index (χ3v) is 2.40. The maximum absolute atomic E-state index is 11.4. The van der Waals surface area contributed by atoms with Crippen LogP contribution in [0, 0.1) is 0 Å². The van der Waals surface area contributed by atoms with Crippen LogP contribution in [0.3, 0.4) is 0 Å². The number of benzene rings is 1. The zero-order valence-corrected chi connectivity index (χ0v) is 9.67. The first-order chi connectivity index (χ1) is 7.51. The number of ether oxygens (including phenoxy) is 1. The van der Waals surface area contributed by atoms with Crippen molar-refractivity contribution in [3.05, 3.63) is 28.3 Å². The van der Waals surface area contributed by atoms with Gasteiger partial charge in [0.05, 0.1) is 7.11 Å².